The van der Waals surface area contributed by atoms with Crippen LogP contribution in [0.2, 0.25) is 0 Å². The monoisotopic (exact) mass is 302 g/mol. The van der Waals surface area contributed by atoms with Crippen LogP contribution in [0.25, 0.3) is 0 Å². The van der Waals surface area contributed by atoms with Gasteiger partial charge in [0.05, 0.1) is 18.4 Å². The predicted octanol–water partition coefficient (Wildman–Crippen LogP) is 1.56. The Morgan fingerprint density at radius 2 is 1.95 bits per heavy atom. The number of piperidine rings is 1. The van der Waals surface area contributed by atoms with Crippen LogP contribution in [0.5, 0.6) is 0 Å². The van der Waals surface area contributed by atoms with E-state index in [-0.39, 0.29) is 11.8 Å². The molecule has 1 aromatic carbocycles. The van der Waals surface area contributed by atoms with E-state index in [9.17, 15) is 9.59 Å². The van der Waals surface area contributed by atoms with Gasteiger partial charge in [-0.05, 0) is 24.5 Å². The summed E-state index contributed by atoms with van der Waals surface area (Å²) >= 11 is 0. The second-order valence-corrected chi connectivity index (χ2v) is 6.09. The standard InChI is InChI=1S/C17H22N2O3/c1-18-14-6-4-3-5-13(14)17(16(18)21)8-10-19(11-9-17)15(20)7-12-22-2/h3-6H,7-12H2,1-2H3. The highest BCUT2D eigenvalue weighted by Crippen LogP contribution is 2.47. The van der Waals surface area contributed by atoms with E-state index in [0.717, 1.165) is 11.3 Å². The molecule has 0 saturated carbocycles. The molecule has 5 heteroatoms. The zero-order valence-corrected chi connectivity index (χ0v) is 13.2. The quantitative estimate of drug-likeness (QED) is 0.851. The number of hydrogen-bond acceptors (Lipinski definition) is 3. The van der Waals surface area contributed by atoms with E-state index < -0.39 is 5.41 Å². The fourth-order valence-electron chi connectivity index (χ4n) is 3.68. The summed E-state index contributed by atoms with van der Waals surface area (Å²) in [5.41, 5.74) is 1.68. The van der Waals surface area contributed by atoms with Crippen LogP contribution >= 0.6 is 0 Å². The molecule has 0 N–H and O–H groups in total. The number of nitrogens with zero attached hydrogens (tertiary/aromatic N) is 2. The number of para-hydroxylation sites is 1. The molecular formula is C17H22N2O3. The van der Waals surface area contributed by atoms with E-state index in [1.54, 1.807) is 12.0 Å². The summed E-state index contributed by atoms with van der Waals surface area (Å²) in [6.07, 6.45) is 1.81. The Labute approximate surface area is 130 Å². The summed E-state index contributed by atoms with van der Waals surface area (Å²) in [6.45, 7) is 1.72. The average Bonchev–Trinajstić information content (AvgIpc) is 2.76. The molecule has 0 aliphatic carbocycles. The predicted molar refractivity (Wildman–Crippen MR) is 83.8 cm³/mol. The summed E-state index contributed by atoms with van der Waals surface area (Å²) in [5, 5.41) is 0. The first-order valence-electron chi connectivity index (χ1n) is 7.74. The van der Waals surface area contributed by atoms with Crippen molar-refractivity contribution in [3.05, 3.63) is 29.8 Å². The van der Waals surface area contributed by atoms with Crippen molar-refractivity contribution >= 4 is 17.5 Å². The SMILES string of the molecule is COCCC(=O)N1CCC2(CC1)C(=O)N(C)c1ccccc12. The van der Waals surface area contributed by atoms with Gasteiger partial charge in [0, 0.05) is 32.9 Å². The lowest BCUT2D eigenvalue weighted by atomic mass is 9.73. The van der Waals surface area contributed by atoms with Gasteiger partial charge in [-0.2, -0.15) is 0 Å². The number of carbonyl (C=O) groups is 2. The molecule has 0 unspecified atom stereocenters. The summed E-state index contributed by atoms with van der Waals surface area (Å²) in [7, 11) is 3.44. The highest BCUT2D eigenvalue weighted by molar-refractivity contribution is 6.07. The van der Waals surface area contributed by atoms with Crippen LogP contribution in [0.3, 0.4) is 0 Å². The molecular weight excluding hydrogens is 280 g/mol. The van der Waals surface area contributed by atoms with Gasteiger partial charge >= 0.3 is 0 Å². The molecule has 118 valence electrons. The van der Waals surface area contributed by atoms with Gasteiger partial charge in [0.25, 0.3) is 0 Å². The van der Waals surface area contributed by atoms with Crippen molar-refractivity contribution in [2.24, 2.45) is 0 Å². The van der Waals surface area contributed by atoms with Crippen molar-refractivity contribution < 1.29 is 14.3 Å². The van der Waals surface area contributed by atoms with E-state index in [2.05, 4.69) is 6.07 Å². The second-order valence-electron chi connectivity index (χ2n) is 6.09. The van der Waals surface area contributed by atoms with Crippen LogP contribution in [0.15, 0.2) is 24.3 Å². The maximum Gasteiger partial charge on any atom is 0.237 e. The number of rotatable bonds is 3. The Balaban J connectivity index is 1.78. The zero-order chi connectivity index (χ0) is 15.7. The summed E-state index contributed by atoms with van der Waals surface area (Å²) < 4.78 is 4.97. The summed E-state index contributed by atoms with van der Waals surface area (Å²) in [5.74, 6) is 0.279. The topological polar surface area (TPSA) is 49.9 Å². The summed E-state index contributed by atoms with van der Waals surface area (Å²) in [4.78, 5) is 28.5. The number of hydrogen-bond donors (Lipinski definition) is 0. The van der Waals surface area contributed by atoms with Crippen LogP contribution in [0, 0.1) is 0 Å². The van der Waals surface area contributed by atoms with E-state index in [4.69, 9.17) is 4.74 Å². The fourth-order valence-corrected chi connectivity index (χ4v) is 3.68. The third-order valence-corrected chi connectivity index (χ3v) is 4.98. The molecule has 0 radical (unpaired) electrons. The highest BCUT2D eigenvalue weighted by Gasteiger charge is 2.51. The third-order valence-electron chi connectivity index (χ3n) is 4.98. The maximum absolute atomic E-state index is 12.8. The number of likely N-dealkylation sites (N-methyl/N-ethyl adjacent to an activating group) is 1. The minimum absolute atomic E-state index is 0.115. The highest BCUT2D eigenvalue weighted by atomic mass is 16.5. The molecule has 5 nitrogen and oxygen atoms in total. The number of fused-ring (bicyclic) bond motifs is 2. The van der Waals surface area contributed by atoms with E-state index in [1.807, 2.05) is 30.1 Å². The van der Waals surface area contributed by atoms with Gasteiger partial charge in [-0.25, -0.2) is 0 Å². The molecule has 0 bridgehead atoms. The number of amides is 2. The summed E-state index contributed by atoms with van der Waals surface area (Å²) in [6, 6.07) is 8.01. The Morgan fingerprint density at radius 3 is 2.64 bits per heavy atom. The Kier molecular flexibility index (Phi) is 3.91. The fraction of sp³-hybridized carbons (Fsp3) is 0.529. The van der Waals surface area contributed by atoms with Gasteiger partial charge in [-0.1, -0.05) is 18.2 Å². The Bertz CT molecular complexity index is 591. The number of ether oxygens (including phenoxy) is 1. The van der Waals surface area contributed by atoms with Crippen LogP contribution < -0.4 is 4.90 Å². The van der Waals surface area contributed by atoms with Gasteiger partial charge in [-0.3, -0.25) is 9.59 Å². The van der Waals surface area contributed by atoms with E-state index >= 15 is 0 Å². The minimum atomic E-state index is -0.441. The van der Waals surface area contributed by atoms with Crippen LogP contribution in [0.4, 0.5) is 5.69 Å². The third kappa shape index (κ3) is 2.20. The smallest absolute Gasteiger partial charge is 0.237 e. The number of carbonyl (C=O) groups excluding carboxylic acids is 2. The molecule has 3 rings (SSSR count). The molecule has 22 heavy (non-hydrogen) atoms. The lowest BCUT2D eigenvalue weighted by molar-refractivity contribution is -0.136. The molecule has 2 aliphatic rings. The van der Waals surface area contributed by atoms with Crippen molar-refractivity contribution in [2.75, 3.05) is 38.8 Å². The van der Waals surface area contributed by atoms with Crippen LogP contribution in [-0.2, 0) is 19.7 Å². The largest absolute Gasteiger partial charge is 0.384 e. The minimum Gasteiger partial charge on any atom is -0.384 e. The molecule has 1 fully saturated rings. The molecule has 1 saturated heterocycles. The molecule has 1 spiro atoms. The van der Waals surface area contributed by atoms with Crippen molar-refractivity contribution in [1.29, 1.82) is 0 Å². The average molecular weight is 302 g/mol. The molecule has 2 aliphatic heterocycles. The van der Waals surface area contributed by atoms with Gasteiger partial charge in [0.2, 0.25) is 11.8 Å². The molecule has 1 aromatic rings. The van der Waals surface area contributed by atoms with E-state index in [1.165, 1.54) is 0 Å². The van der Waals surface area contributed by atoms with E-state index in [0.29, 0.717) is 39.0 Å². The van der Waals surface area contributed by atoms with Gasteiger partial charge in [-0.15, -0.1) is 0 Å². The zero-order valence-electron chi connectivity index (χ0n) is 13.2. The first-order valence-corrected chi connectivity index (χ1v) is 7.74. The van der Waals surface area contributed by atoms with Gasteiger partial charge < -0.3 is 14.5 Å². The van der Waals surface area contributed by atoms with Crippen LogP contribution in [-0.4, -0.2) is 50.6 Å². The lowest BCUT2D eigenvalue weighted by Gasteiger charge is -2.38. The molecule has 2 amide bonds. The van der Waals surface area contributed by atoms with Crippen molar-refractivity contribution in [3.8, 4) is 0 Å². The van der Waals surface area contributed by atoms with Gasteiger partial charge in [0.1, 0.15) is 0 Å². The first kappa shape index (κ1) is 15.0. The lowest BCUT2D eigenvalue weighted by Crippen LogP contribution is -2.49. The number of methoxy groups -OCH3 is 1. The second kappa shape index (κ2) is 5.72. The normalized spacial score (nSPS) is 19.6. The Hall–Kier alpha value is -1.88. The maximum atomic E-state index is 12.8. The number of anilines is 1. The molecule has 0 atom stereocenters. The Morgan fingerprint density at radius 1 is 1.27 bits per heavy atom. The molecule has 2 heterocycles. The van der Waals surface area contributed by atoms with Crippen molar-refractivity contribution in [3.63, 3.8) is 0 Å². The van der Waals surface area contributed by atoms with Crippen LogP contribution in [0.1, 0.15) is 24.8 Å². The van der Waals surface area contributed by atoms with Crippen molar-refractivity contribution in [2.45, 2.75) is 24.7 Å². The molecule has 0 aromatic heterocycles. The van der Waals surface area contributed by atoms with Gasteiger partial charge in [0.15, 0.2) is 0 Å². The number of benzene rings is 1. The van der Waals surface area contributed by atoms with Crippen molar-refractivity contribution in [1.82, 2.24) is 4.90 Å². The first-order chi connectivity index (χ1) is 10.6. The number of likely N-dealkylation sites (tertiary alicyclic amines) is 1.